The molecule has 3 heterocycles. The molecule has 1 aliphatic heterocycles. The first kappa shape index (κ1) is 15.2. The van der Waals surface area contributed by atoms with Crippen LogP contribution < -0.4 is 4.90 Å². The number of fused-ring (bicyclic) bond motifs is 1. The SMILES string of the molecule is Oc1cc(Cl)cc(CN2CCN(c3ccc4nncn4n3)CC2)c1. The minimum atomic E-state index is 0.211. The van der Waals surface area contributed by atoms with Crippen LogP contribution >= 0.6 is 11.6 Å². The van der Waals surface area contributed by atoms with E-state index in [0.717, 1.165) is 49.8 Å². The number of rotatable bonds is 3. The van der Waals surface area contributed by atoms with Crippen LogP contribution in [0.2, 0.25) is 5.02 Å². The fraction of sp³-hybridized carbons (Fsp3) is 0.312. The Morgan fingerprint density at radius 1 is 1.08 bits per heavy atom. The number of anilines is 1. The predicted molar refractivity (Wildman–Crippen MR) is 91.4 cm³/mol. The minimum Gasteiger partial charge on any atom is -0.508 e. The lowest BCUT2D eigenvalue weighted by Gasteiger charge is -2.35. The van der Waals surface area contributed by atoms with Gasteiger partial charge >= 0.3 is 0 Å². The van der Waals surface area contributed by atoms with E-state index in [4.69, 9.17) is 11.6 Å². The van der Waals surface area contributed by atoms with Crippen LogP contribution in [0.3, 0.4) is 0 Å². The number of aromatic hydroxyl groups is 1. The number of phenolic OH excluding ortho intramolecular Hbond substituents is 1. The summed E-state index contributed by atoms with van der Waals surface area (Å²) >= 11 is 6.00. The van der Waals surface area contributed by atoms with Crippen LogP contribution in [0.1, 0.15) is 5.56 Å². The molecular weight excluding hydrogens is 328 g/mol. The van der Waals surface area contributed by atoms with Gasteiger partial charge in [-0.05, 0) is 35.9 Å². The van der Waals surface area contributed by atoms with Gasteiger partial charge < -0.3 is 10.0 Å². The molecule has 0 unspecified atom stereocenters. The molecule has 0 amide bonds. The van der Waals surface area contributed by atoms with Crippen molar-refractivity contribution in [3.05, 3.63) is 47.2 Å². The summed E-state index contributed by atoms with van der Waals surface area (Å²) in [6.45, 7) is 4.42. The first-order valence-electron chi connectivity index (χ1n) is 7.80. The monoisotopic (exact) mass is 344 g/mol. The van der Waals surface area contributed by atoms with Crippen molar-refractivity contribution in [3.63, 3.8) is 0 Å². The average molecular weight is 345 g/mol. The fourth-order valence-corrected chi connectivity index (χ4v) is 3.26. The van der Waals surface area contributed by atoms with E-state index in [2.05, 4.69) is 25.1 Å². The van der Waals surface area contributed by atoms with E-state index in [1.54, 1.807) is 23.0 Å². The lowest BCUT2D eigenvalue weighted by molar-refractivity contribution is 0.249. The van der Waals surface area contributed by atoms with Crippen LogP contribution in [0.15, 0.2) is 36.7 Å². The second-order valence-corrected chi connectivity index (χ2v) is 6.34. The molecule has 24 heavy (non-hydrogen) atoms. The molecule has 124 valence electrons. The number of nitrogens with zero attached hydrogens (tertiary/aromatic N) is 6. The first-order valence-corrected chi connectivity index (χ1v) is 8.18. The molecule has 3 aromatic rings. The third-order valence-electron chi connectivity index (χ3n) is 4.19. The van der Waals surface area contributed by atoms with E-state index < -0.39 is 0 Å². The molecule has 1 N–H and O–H groups in total. The molecular formula is C16H17ClN6O. The molecule has 2 aromatic heterocycles. The highest BCUT2D eigenvalue weighted by atomic mass is 35.5. The molecule has 1 aliphatic rings. The second-order valence-electron chi connectivity index (χ2n) is 5.91. The lowest BCUT2D eigenvalue weighted by atomic mass is 10.2. The van der Waals surface area contributed by atoms with Gasteiger partial charge in [-0.3, -0.25) is 4.90 Å². The third kappa shape index (κ3) is 3.13. The molecule has 0 saturated carbocycles. The summed E-state index contributed by atoms with van der Waals surface area (Å²) in [5, 5.41) is 22.6. The van der Waals surface area contributed by atoms with Crippen LogP contribution in [0, 0.1) is 0 Å². The largest absolute Gasteiger partial charge is 0.508 e. The van der Waals surface area contributed by atoms with E-state index in [9.17, 15) is 5.11 Å². The summed E-state index contributed by atoms with van der Waals surface area (Å²) in [7, 11) is 0. The van der Waals surface area contributed by atoms with Crippen molar-refractivity contribution in [1.82, 2.24) is 24.7 Å². The first-order chi connectivity index (χ1) is 11.7. The zero-order chi connectivity index (χ0) is 16.5. The van der Waals surface area contributed by atoms with E-state index in [1.165, 1.54) is 0 Å². The molecule has 1 aromatic carbocycles. The number of hydrogen-bond donors (Lipinski definition) is 1. The van der Waals surface area contributed by atoms with Crippen molar-refractivity contribution < 1.29 is 5.11 Å². The van der Waals surface area contributed by atoms with E-state index in [-0.39, 0.29) is 5.75 Å². The van der Waals surface area contributed by atoms with Crippen molar-refractivity contribution in [3.8, 4) is 5.75 Å². The zero-order valence-electron chi connectivity index (χ0n) is 13.0. The molecule has 0 spiro atoms. The van der Waals surface area contributed by atoms with Gasteiger partial charge in [0.2, 0.25) is 0 Å². The van der Waals surface area contributed by atoms with Gasteiger partial charge in [0.15, 0.2) is 5.65 Å². The third-order valence-corrected chi connectivity index (χ3v) is 4.41. The topological polar surface area (TPSA) is 69.8 Å². The molecule has 4 rings (SSSR count). The Bertz CT molecular complexity index is 838. The summed E-state index contributed by atoms with van der Waals surface area (Å²) in [4.78, 5) is 4.60. The number of hydrogen-bond acceptors (Lipinski definition) is 6. The van der Waals surface area contributed by atoms with Gasteiger partial charge in [0.25, 0.3) is 0 Å². The Balaban J connectivity index is 1.40. The van der Waals surface area contributed by atoms with Crippen molar-refractivity contribution in [2.45, 2.75) is 6.54 Å². The van der Waals surface area contributed by atoms with E-state index in [0.29, 0.717) is 5.02 Å². The van der Waals surface area contributed by atoms with Crippen LogP contribution in [-0.2, 0) is 6.54 Å². The van der Waals surface area contributed by atoms with Gasteiger partial charge in [-0.25, -0.2) is 0 Å². The number of benzene rings is 1. The molecule has 1 fully saturated rings. The minimum absolute atomic E-state index is 0.211. The highest BCUT2D eigenvalue weighted by molar-refractivity contribution is 6.30. The Hall–Kier alpha value is -2.38. The summed E-state index contributed by atoms with van der Waals surface area (Å²) < 4.78 is 1.69. The van der Waals surface area contributed by atoms with E-state index in [1.807, 2.05) is 18.2 Å². The highest BCUT2D eigenvalue weighted by Crippen LogP contribution is 2.22. The Kier molecular flexibility index (Phi) is 3.95. The summed E-state index contributed by atoms with van der Waals surface area (Å²) in [5.41, 5.74) is 1.77. The van der Waals surface area contributed by atoms with Crippen LogP contribution in [0.4, 0.5) is 5.82 Å². The zero-order valence-corrected chi connectivity index (χ0v) is 13.8. The fourth-order valence-electron chi connectivity index (χ4n) is 3.00. The Morgan fingerprint density at radius 2 is 1.92 bits per heavy atom. The summed E-state index contributed by atoms with van der Waals surface area (Å²) in [5.74, 6) is 1.14. The molecule has 0 aliphatic carbocycles. The Labute approximate surface area is 144 Å². The van der Waals surface area contributed by atoms with Gasteiger partial charge in [-0.15, -0.1) is 15.3 Å². The molecule has 1 saturated heterocycles. The summed E-state index contributed by atoms with van der Waals surface area (Å²) in [6, 6.07) is 9.12. The average Bonchev–Trinajstić information content (AvgIpc) is 3.02. The molecule has 0 atom stereocenters. The maximum atomic E-state index is 9.65. The van der Waals surface area contributed by atoms with Crippen LogP contribution in [-0.4, -0.2) is 56.0 Å². The lowest BCUT2D eigenvalue weighted by Crippen LogP contribution is -2.46. The van der Waals surface area contributed by atoms with Gasteiger partial charge in [0, 0.05) is 37.7 Å². The van der Waals surface area contributed by atoms with Gasteiger partial charge in [0.1, 0.15) is 17.9 Å². The summed E-state index contributed by atoms with van der Waals surface area (Å²) in [6.07, 6.45) is 1.61. The van der Waals surface area contributed by atoms with Gasteiger partial charge in [0.05, 0.1) is 0 Å². The van der Waals surface area contributed by atoms with Gasteiger partial charge in [-0.2, -0.15) is 4.52 Å². The number of halogens is 1. The van der Waals surface area contributed by atoms with Crippen molar-refractivity contribution in [2.75, 3.05) is 31.1 Å². The van der Waals surface area contributed by atoms with Crippen molar-refractivity contribution in [1.29, 1.82) is 0 Å². The molecule has 7 nitrogen and oxygen atoms in total. The van der Waals surface area contributed by atoms with Crippen LogP contribution in [0.5, 0.6) is 5.75 Å². The second kappa shape index (κ2) is 6.26. The number of aromatic nitrogens is 4. The molecule has 0 radical (unpaired) electrons. The molecule has 0 bridgehead atoms. The quantitative estimate of drug-likeness (QED) is 0.781. The standard InChI is InChI=1S/C16H17ClN6O/c17-13-7-12(8-14(24)9-13)10-21-3-5-22(6-4-21)16-2-1-15-19-18-11-23(15)20-16/h1-2,7-9,11,24H,3-6,10H2. The normalized spacial score (nSPS) is 16.0. The van der Waals surface area contributed by atoms with Gasteiger partial charge in [-0.1, -0.05) is 11.6 Å². The smallest absolute Gasteiger partial charge is 0.177 e. The van der Waals surface area contributed by atoms with Crippen molar-refractivity contribution >= 4 is 23.1 Å². The van der Waals surface area contributed by atoms with E-state index >= 15 is 0 Å². The van der Waals surface area contributed by atoms with Crippen LogP contribution in [0.25, 0.3) is 5.65 Å². The Morgan fingerprint density at radius 3 is 2.71 bits per heavy atom. The maximum absolute atomic E-state index is 9.65. The number of piperazine rings is 1. The maximum Gasteiger partial charge on any atom is 0.177 e. The molecule has 8 heteroatoms. The van der Waals surface area contributed by atoms with Crippen molar-refractivity contribution in [2.24, 2.45) is 0 Å². The predicted octanol–water partition coefficient (Wildman–Crippen LogP) is 1.81. The number of phenols is 1. The highest BCUT2D eigenvalue weighted by Gasteiger charge is 2.19.